The molecule has 1 atom stereocenters. The SMILES string of the molecule is COCc1c(C(=O)N2CCNC[C@H]2C(=O)NC2CC2)noc1C. The molecule has 0 bridgehead atoms. The number of nitrogens with zero attached hydrogens (tertiary/aromatic N) is 2. The highest BCUT2D eigenvalue weighted by molar-refractivity contribution is 5.97. The van der Waals surface area contributed by atoms with Crippen LogP contribution >= 0.6 is 0 Å². The van der Waals surface area contributed by atoms with Gasteiger partial charge in [0.15, 0.2) is 5.69 Å². The highest BCUT2D eigenvalue weighted by atomic mass is 16.5. The van der Waals surface area contributed by atoms with E-state index in [1.165, 1.54) is 0 Å². The topological polar surface area (TPSA) is 96.7 Å². The summed E-state index contributed by atoms with van der Waals surface area (Å²) >= 11 is 0. The minimum Gasteiger partial charge on any atom is -0.380 e. The summed E-state index contributed by atoms with van der Waals surface area (Å²) in [5.74, 6) is 0.164. The van der Waals surface area contributed by atoms with Crippen LogP contribution in [0.5, 0.6) is 0 Å². The average molecular weight is 322 g/mol. The van der Waals surface area contributed by atoms with E-state index in [1.807, 2.05) is 0 Å². The quantitative estimate of drug-likeness (QED) is 0.781. The third-order valence-electron chi connectivity index (χ3n) is 4.21. The van der Waals surface area contributed by atoms with Gasteiger partial charge in [0.05, 0.1) is 12.2 Å². The molecular formula is C15H22N4O4. The molecule has 1 aliphatic carbocycles. The van der Waals surface area contributed by atoms with Crippen molar-refractivity contribution in [3.8, 4) is 0 Å². The molecule has 0 radical (unpaired) electrons. The summed E-state index contributed by atoms with van der Waals surface area (Å²) in [5.41, 5.74) is 0.868. The van der Waals surface area contributed by atoms with Gasteiger partial charge in [-0.15, -0.1) is 0 Å². The van der Waals surface area contributed by atoms with E-state index < -0.39 is 6.04 Å². The fourth-order valence-corrected chi connectivity index (χ4v) is 2.72. The number of ether oxygens (including phenoxy) is 1. The standard InChI is InChI=1S/C15H22N4O4/c1-9-11(8-22-2)13(18-23-9)15(21)19-6-5-16-7-12(19)14(20)17-10-3-4-10/h10,12,16H,3-8H2,1-2H3,(H,17,20)/t12-/m0/s1. The van der Waals surface area contributed by atoms with E-state index in [1.54, 1.807) is 18.9 Å². The molecule has 2 N–H and O–H groups in total. The zero-order valence-electron chi connectivity index (χ0n) is 13.4. The predicted molar refractivity (Wildman–Crippen MR) is 80.8 cm³/mol. The molecule has 1 aromatic rings. The van der Waals surface area contributed by atoms with Gasteiger partial charge in [-0.3, -0.25) is 9.59 Å². The summed E-state index contributed by atoms with van der Waals surface area (Å²) in [7, 11) is 1.55. The molecule has 23 heavy (non-hydrogen) atoms. The van der Waals surface area contributed by atoms with Gasteiger partial charge >= 0.3 is 0 Å². The third-order valence-corrected chi connectivity index (χ3v) is 4.21. The van der Waals surface area contributed by atoms with E-state index in [4.69, 9.17) is 9.26 Å². The Morgan fingerprint density at radius 2 is 2.26 bits per heavy atom. The Morgan fingerprint density at radius 3 is 2.96 bits per heavy atom. The smallest absolute Gasteiger partial charge is 0.277 e. The Morgan fingerprint density at radius 1 is 1.48 bits per heavy atom. The Kier molecular flexibility index (Phi) is 4.63. The summed E-state index contributed by atoms with van der Waals surface area (Å²) in [6.07, 6.45) is 2.03. The number of aryl methyl sites for hydroxylation is 1. The van der Waals surface area contributed by atoms with Crippen LogP contribution in [0.1, 0.15) is 34.7 Å². The van der Waals surface area contributed by atoms with Crippen LogP contribution in [0.3, 0.4) is 0 Å². The number of methoxy groups -OCH3 is 1. The van der Waals surface area contributed by atoms with Gasteiger partial charge in [-0.1, -0.05) is 5.16 Å². The lowest BCUT2D eigenvalue weighted by Crippen LogP contribution is -2.60. The first-order valence-electron chi connectivity index (χ1n) is 7.88. The van der Waals surface area contributed by atoms with Crippen molar-refractivity contribution >= 4 is 11.8 Å². The van der Waals surface area contributed by atoms with Crippen LogP contribution in [0.25, 0.3) is 0 Å². The normalized spacial score (nSPS) is 21.3. The maximum Gasteiger partial charge on any atom is 0.277 e. The molecule has 8 nitrogen and oxygen atoms in total. The highest BCUT2D eigenvalue weighted by Gasteiger charge is 2.37. The maximum atomic E-state index is 12.9. The molecule has 1 aromatic heterocycles. The Labute approximate surface area is 134 Å². The van der Waals surface area contributed by atoms with Crippen LogP contribution in [0, 0.1) is 6.92 Å². The molecule has 8 heteroatoms. The average Bonchev–Trinajstić information content (AvgIpc) is 3.30. The molecule has 0 spiro atoms. The molecule has 2 amide bonds. The van der Waals surface area contributed by atoms with Crippen molar-refractivity contribution in [2.45, 2.75) is 38.5 Å². The molecule has 0 unspecified atom stereocenters. The van der Waals surface area contributed by atoms with Crippen molar-refractivity contribution in [1.29, 1.82) is 0 Å². The van der Waals surface area contributed by atoms with E-state index in [-0.39, 0.29) is 30.2 Å². The fourth-order valence-electron chi connectivity index (χ4n) is 2.72. The number of carbonyl (C=O) groups excluding carboxylic acids is 2. The molecule has 0 aromatic carbocycles. The molecule has 3 rings (SSSR count). The van der Waals surface area contributed by atoms with Gasteiger partial charge in [0.2, 0.25) is 5.91 Å². The number of rotatable bonds is 5. The molecular weight excluding hydrogens is 300 g/mol. The zero-order valence-corrected chi connectivity index (χ0v) is 13.4. The van der Waals surface area contributed by atoms with Gasteiger partial charge in [0.1, 0.15) is 11.8 Å². The van der Waals surface area contributed by atoms with Crippen LogP contribution in [0.2, 0.25) is 0 Å². The van der Waals surface area contributed by atoms with Crippen molar-refractivity contribution in [1.82, 2.24) is 20.7 Å². The van der Waals surface area contributed by atoms with Crippen molar-refractivity contribution < 1.29 is 18.8 Å². The number of nitrogens with one attached hydrogen (secondary N) is 2. The zero-order chi connectivity index (χ0) is 16.4. The van der Waals surface area contributed by atoms with Crippen LogP contribution in [0.15, 0.2) is 4.52 Å². The summed E-state index contributed by atoms with van der Waals surface area (Å²) in [4.78, 5) is 26.8. The first-order chi connectivity index (χ1) is 11.1. The number of amides is 2. The van der Waals surface area contributed by atoms with Gasteiger partial charge in [0.25, 0.3) is 5.91 Å². The fraction of sp³-hybridized carbons (Fsp3) is 0.667. The number of carbonyl (C=O) groups is 2. The van der Waals surface area contributed by atoms with Crippen LogP contribution < -0.4 is 10.6 Å². The summed E-state index contributed by atoms with van der Waals surface area (Å²) in [6, 6.07) is -0.260. The number of aromatic nitrogens is 1. The minimum absolute atomic E-state index is 0.110. The Hall–Kier alpha value is -1.93. The molecule has 1 aliphatic heterocycles. The number of piperazine rings is 1. The largest absolute Gasteiger partial charge is 0.380 e. The Bertz CT molecular complexity index is 596. The summed E-state index contributed by atoms with van der Waals surface area (Å²) in [6.45, 7) is 3.55. The molecule has 2 heterocycles. The third kappa shape index (κ3) is 3.37. The van der Waals surface area contributed by atoms with Gasteiger partial charge < -0.3 is 24.8 Å². The second-order valence-electron chi connectivity index (χ2n) is 6.00. The lowest BCUT2D eigenvalue weighted by molar-refractivity contribution is -0.126. The lowest BCUT2D eigenvalue weighted by atomic mass is 10.1. The van der Waals surface area contributed by atoms with Crippen molar-refractivity contribution in [2.24, 2.45) is 0 Å². The number of hydrogen-bond acceptors (Lipinski definition) is 6. The predicted octanol–water partition coefficient (Wildman–Crippen LogP) is -0.178. The van der Waals surface area contributed by atoms with Gasteiger partial charge in [-0.05, 0) is 19.8 Å². The second-order valence-corrected chi connectivity index (χ2v) is 6.00. The highest BCUT2D eigenvalue weighted by Crippen LogP contribution is 2.21. The molecule has 2 fully saturated rings. The van der Waals surface area contributed by atoms with Crippen molar-refractivity contribution in [3.05, 3.63) is 17.0 Å². The monoisotopic (exact) mass is 322 g/mol. The molecule has 1 saturated carbocycles. The van der Waals surface area contributed by atoms with Crippen LogP contribution in [0.4, 0.5) is 0 Å². The molecule has 2 aliphatic rings. The maximum absolute atomic E-state index is 12.9. The minimum atomic E-state index is -0.524. The molecule has 126 valence electrons. The van der Waals surface area contributed by atoms with Crippen LogP contribution in [-0.2, 0) is 16.1 Å². The van der Waals surface area contributed by atoms with E-state index in [0.29, 0.717) is 31.0 Å². The van der Waals surface area contributed by atoms with Gasteiger partial charge in [-0.25, -0.2) is 0 Å². The van der Waals surface area contributed by atoms with Crippen molar-refractivity contribution in [2.75, 3.05) is 26.7 Å². The molecule has 1 saturated heterocycles. The van der Waals surface area contributed by atoms with E-state index in [9.17, 15) is 9.59 Å². The van der Waals surface area contributed by atoms with Gasteiger partial charge in [-0.2, -0.15) is 0 Å². The first-order valence-corrected chi connectivity index (χ1v) is 7.88. The lowest BCUT2D eigenvalue weighted by Gasteiger charge is -2.34. The van der Waals surface area contributed by atoms with Crippen molar-refractivity contribution in [3.63, 3.8) is 0 Å². The van der Waals surface area contributed by atoms with Gasteiger partial charge in [0, 0.05) is 32.8 Å². The number of hydrogen-bond donors (Lipinski definition) is 2. The van der Waals surface area contributed by atoms with E-state index >= 15 is 0 Å². The second kappa shape index (κ2) is 6.67. The first kappa shape index (κ1) is 15.9. The Balaban J connectivity index is 1.79. The van der Waals surface area contributed by atoms with Crippen LogP contribution in [-0.4, -0.2) is 60.7 Å². The van der Waals surface area contributed by atoms with E-state index in [2.05, 4.69) is 15.8 Å². The summed E-state index contributed by atoms with van der Waals surface area (Å²) < 4.78 is 10.3. The van der Waals surface area contributed by atoms with E-state index in [0.717, 1.165) is 12.8 Å². The summed E-state index contributed by atoms with van der Waals surface area (Å²) in [5, 5.41) is 10.0.